The third-order valence-corrected chi connectivity index (χ3v) is 4.93. The van der Waals surface area contributed by atoms with Gasteiger partial charge in [0.05, 0.1) is 0 Å². The van der Waals surface area contributed by atoms with E-state index in [0.717, 1.165) is 11.7 Å². The molecule has 1 fully saturated rings. The van der Waals surface area contributed by atoms with Gasteiger partial charge in [-0.3, -0.25) is 0 Å². The molecule has 0 bridgehead atoms. The van der Waals surface area contributed by atoms with Crippen LogP contribution in [0.2, 0.25) is 0 Å². The van der Waals surface area contributed by atoms with Crippen LogP contribution < -0.4 is 5.32 Å². The van der Waals surface area contributed by atoms with Gasteiger partial charge in [-0.1, -0.05) is 19.1 Å². The molecule has 3 atom stereocenters. The molecule has 1 N–H and O–H groups in total. The van der Waals surface area contributed by atoms with E-state index >= 15 is 0 Å². The molecule has 1 nitrogen and oxygen atoms in total. The number of nitrogens with one attached hydrogen (secondary N) is 1. The Hall–Kier alpha value is -0.540. The van der Waals surface area contributed by atoms with Gasteiger partial charge in [-0.2, -0.15) is 11.8 Å². The van der Waals surface area contributed by atoms with E-state index in [9.17, 15) is 4.39 Å². The van der Waals surface area contributed by atoms with Gasteiger partial charge in [0.25, 0.3) is 0 Å². The minimum absolute atomic E-state index is 0.156. The van der Waals surface area contributed by atoms with E-state index in [2.05, 4.69) is 18.5 Å². The number of thioether (sulfide) groups is 1. The van der Waals surface area contributed by atoms with Crippen molar-refractivity contribution < 1.29 is 4.39 Å². The first-order chi connectivity index (χ1) is 8.72. The minimum atomic E-state index is -0.156. The van der Waals surface area contributed by atoms with Crippen LogP contribution in [0.4, 0.5) is 4.39 Å². The summed E-state index contributed by atoms with van der Waals surface area (Å²) >= 11 is 1.98. The summed E-state index contributed by atoms with van der Waals surface area (Å²) in [4.78, 5) is 0. The Kier molecular flexibility index (Phi) is 5.07. The van der Waals surface area contributed by atoms with Crippen molar-refractivity contribution in [3.05, 3.63) is 35.6 Å². The standard InChI is InChI=1S/C15H22FNS/c1-3-15(11-4-6-12(16)7-5-11)17-13-8-9-14(10-13)18-2/h4-7,13-15,17H,3,8-10H2,1-2H3. The van der Waals surface area contributed by atoms with Gasteiger partial charge < -0.3 is 5.32 Å². The number of hydrogen-bond donors (Lipinski definition) is 1. The first kappa shape index (κ1) is 13.9. The Balaban J connectivity index is 1.95. The van der Waals surface area contributed by atoms with Gasteiger partial charge in [-0.05, 0) is 49.6 Å². The van der Waals surface area contributed by atoms with Crippen LogP contribution in [-0.4, -0.2) is 17.5 Å². The summed E-state index contributed by atoms with van der Waals surface area (Å²) in [6, 6.07) is 7.89. The monoisotopic (exact) mass is 267 g/mol. The lowest BCUT2D eigenvalue weighted by atomic mass is 10.0. The highest BCUT2D eigenvalue weighted by atomic mass is 32.2. The molecule has 0 spiro atoms. The molecule has 2 rings (SSSR count). The Bertz CT molecular complexity index is 365. The molecule has 1 saturated carbocycles. The molecule has 1 aromatic carbocycles. The summed E-state index contributed by atoms with van der Waals surface area (Å²) < 4.78 is 12.9. The molecule has 3 unspecified atom stereocenters. The van der Waals surface area contributed by atoms with E-state index in [4.69, 9.17) is 0 Å². The molecule has 0 heterocycles. The summed E-state index contributed by atoms with van der Waals surface area (Å²) in [6.07, 6.45) is 7.09. The van der Waals surface area contributed by atoms with Crippen LogP contribution in [0.15, 0.2) is 24.3 Å². The zero-order valence-corrected chi connectivity index (χ0v) is 12.0. The van der Waals surface area contributed by atoms with Crippen molar-refractivity contribution in [2.24, 2.45) is 0 Å². The Morgan fingerprint density at radius 1 is 1.33 bits per heavy atom. The van der Waals surface area contributed by atoms with Crippen molar-refractivity contribution >= 4 is 11.8 Å². The van der Waals surface area contributed by atoms with Crippen LogP contribution >= 0.6 is 11.8 Å². The van der Waals surface area contributed by atoms with Crippen LogP contribution in [0.25, 0.3) is 0 Å². The SMILES string of the molecule is CCC(NC1CCC(SC)C1)c1ccc(F)cc1. The van der Waals surface area contributed by atoms with Gasteiger partial charge in [-0.15, -0.1) is 0 Å². The van der Waals surface area contributed by atoms with E-state index in [1.807, 2.05) is 23.9 Å². The first-order valence-electron chi connectivity index (χ1n) is 6.77. The largest absolute Gasteiger partial charge is 0.307 e. The first-order valence-corrected chi connectivity index (χ1v) is 8.06. The Morgan fingerprint density at radius 3 is 2.61 bits per heavy atom. The summed E-state index contributed by atoms with van der Waals surface area (Å²) in [6.45, 7) is 2.18. The van der Waals surface area contributed by atoms with Gasteiger partial charge in [0.1, 0.15) is 5.82 Å². The highest BCUT2D eigenvalue weighted by Crippen LogP contribution is 2.30. The van der Waals surface area contributed by atoms with Crippen molar-refractivity contribution in [1.82, 2.24) is 5.32 Å². The Morgan fingerprint density at radius 2 is 2.06 bits per heavy atom. The van der Waals surface area contributed by atoms with E-state index in [0.29, 0.717) is 12.1 Å². The molecule has 1 aliphatic carbocycles. The van der Waals surface area contributed by atoms with Crippen LogP contribution in [-0.2, 0) is 0 Å². The van der Waals surface area contributed by atoms with E-state index < -0.39 is 0 Å². The van der Waals surface area contributed by atoms with Crippen molar-refractivity contribution in [3.63, 3.8) is 0 Å². The number of hydrogen-bond acceptors (Lipinski definition) is 2. The molecule has 0 aliphatic heterocycles. The quantitative estimate of drug-likeness (QED) is 0.860. The maximum Gasteiger partial charge on any atom is 0.123 e. The van der Waals surface area contributed by atoms with E-state index in [1.54, 1.807) is 12.1 Å². The van der Waals surface area contributed by atoms with E-state index in [-0.39, 0.29) is 5.82 Å². The van der Waals surface area contributed by atoms with Gasteiger partial charge >= 0.3 is 0 Å². The minimum Gasteiger partial charge on any atom is -0.307 e. The molecule has 3 heteroatoms. The highest BCUT2D eigenvalue weighted by molar-refractivity contribution is 7.99. The second-order valence-electron chi connectivity index (χ2n) is 5.05. The van der Waals surface area contributed by atoms with Gasteiger partial charge in [0.15, 0.2) is 0 Å². The average molecular weight is 267 g/mol. The molecule has 0 radical (unpaired) electrons. The maximum atomic E-state index is 12.9. The van der Waals surface area contributed by atoms with Crippen molar-refractivity contribution in [3.8, 4) is 0 Å². The van der Waals surface area contributed by atoms with Gasteiger partial charge in [-0.25, -0.2) is 4.39 Å². The smallest absolute Gasteiger partial charge is 0.123 e. The van der Waals surface area contributed by atoms with E-state index in [1.165, 1.54) is 24.8 Å². The molecule has 0 saturated heterocycles. The second-order valence-corrected chi connectivity index (χ2v) is 6.18. The molecule has 18 heavy (non-hydrogen) atoms. The molecule has 1 aliphatic rings. The second kappa shape index (κ2) is 6.58. The topological polar surface area (TPSA) is 12.0 Å². The predicted octanol–water partition coefficient (Wildman–Crippen LogP) is 4.15. The van der Waals surface area contributed by atoms with Crippen molar-refractivity contribution in [2.45, 2.75) is 49.9 Å². The number of rotatable bonds is 5. The lowest BCUT2D eigenvalue weighted by molar-refractivity contribution is 0.430. The summed E-state index contributed by atoms with van der Waals surface area (Å²) in [5, 5.41) is 4.54. The molecule has 0 aromatic heterocycles. The summed E-state index contributed by atoms with van der Waals surface area (Å²) in [5.41, 5.74) is 1.20. The molecule has 0 amide bonds. The Labute approximate surface area is 114 Å². The third kappa shape index (κ3) is 3.48. The fourth-order valence-corrected chi connectivity index (χ4v) is 3.53. The van der Waals surface area contributed by atoms with Gasteiger partial charge in [0.2, 0.25) is 0 Å². The van der Waals surface area contributed by atoms with Crippen LogP contribution in [0.5, 0.6) is 0 Å². The maximum absolute atomic E-state index is 12.9. The molecule has 100 valence electrons. The molecule has 1 aromatic rings. The number of halogens is 1. The van der Waals surface area contributed by atoms with Crippen LogP contribution in [0.1, 0.15) is 44.2 Å². The van der Waals surface area contributed by atoms with Crippen LogP contribution in [0, 0.1) is 5.82 Å². The summed E-state index contributed by atoms with van der Waals surface area (Å²) in [7, 11) is 0. The molecular weight excluding hydrogens is 245 g/mol. The normalized spacial score (nSPS) is 25.3. The summed E-state index contributed by atoms with van der Waals surface area (Å²) in [5.74, 6) is -0.156. The average Bonchev–Trinajstić information content (AvgIpc) is 2.85. The van der Waals surface area contributed by atoms with Crippen molar-refractivity contribution in [2.75, 3.05) is 6.26 Å². The fourth-order valence-electron chi connectivity index (χ4n) is 2.73. The highest BCUT2D eigenvalue weighted by Gasteiger charge is 2.25. The number of benzene rings is 1. The molecular formula is C15H22FNS. The zero-order valence-electron chi connectivity index (χ0n) is 11.2. The lowest BCUT2D eigenvalue weighted by Gasteiger charge is -2.22. The van der Waals surface area contributed by atoms with Crippen LogP contribution in [0.3, 0.4) is 0 Å². The third-order valence-electron chi connectivity index (χ3n) is 3.84. The van der Waals surface area contributed by atoms with Crippen molar-refractivity contribution in [1.29, 1.82) is 0 Å². The lowest BCUT2D eigenvalue weighted by Crippen LogP contribution is -2.30. The van der Waals surface area contributed by atoms with Gasteiger partial charge in [0, 0.05) is 17.3 Å². The zero-order chi connectivity index (χ0) is 13.0. The fraction of sp³-hybridized carbons (Fsp3) is 0.600. The predicted molar refractivity (Wildman–Crippen MR) is 77.5 cm³/mol.